The van der Waals surface area contributed by atoms with Gasteiger partial charge in [-0.15, -0.1) is 24.8 Å². The van der Waals surface area contributed by atoms with Crippen LogP contribution in [0.3, 0.4) is 0 Å². The summed E-state index contributed by atoms with van der Waals surface area (Å²) in [5.74, 6) is 0.673. The van der Waals surface area contributed by atoms with Crippen molar-refractivity contribution >= 4 is 48.0 Å². The summed E-state index contributed by atoms with van der Waals surface area (Å²) < 4.78 is 0. The Balaban J connectivity index is 0.00000220. The predicted octanol–water partition coefficient (Wildman–Crippen LogP) is 4.54. The fourth-order valence-electron chi connectivity index (χ4n) is 2.74. The molecule has 0 aromatic heterocycles. The van der Waals surface area contributed by atoms with Gasteiger partial charge in [0.05, 0.1) is 5.02 Å². The van der Waals surface area contributed by atoms with Crippen molar-refractivity contribution in [3.63, 3.8) is 0 Å². The Morgan fingerprint density at radius 1 is 1.18 bits per heavy atom. The molecule has 1 fully saturated rings. The predicted molar refractivity (Wildman–Crippen MR) is 99.3 cm³/mol. The molecule has 128 valence electrons. The van der Waals surface area contributed by atoms with Crippen LogP contribution in [0.15, 0.2) is 12.1 Å². The van der Waals surface area contributed by atoms with Gasteiger partial charge in [0.25, 0.3) is 0 Å². The molecule has 1 saturated heterocycles. The molecule has 7 heteroatoms. The Bertz CT molecular complexity index is 465. The van der Waals surface area contributed by atoms with E-state index in [1.165, 1.54) is 0 Å². The number of piperazine rings is 1. The highest BCUT2D eigenvalue weighted by Crippen LogP contribution is 2.40. The van der Waals surface area contributed by atoms with Crippen LogP contribution in [0.1, 0.15) is 31.9 Å². The van der Waals surface area contributed by atoms with E-state index in [1.807, 2.05) is 6.07 Å². The topological polar surface area (TPSA) is 35.5 Å². The molecule has 1 aliphatic heterocycles. The van der Waals surface area contributed by atoms with Crippen molar-refractivity contribution in [1.29, 1.82) is 0 Å². The van der Waals surface area contributed by atoms with Crippen molar-refractivity contribution in [2.24, 2.45) is 5.92 Å². The SMILES string of the molecule is CC(C)C[C@@H](c1ccc(Cl)c(Cl)c1O)N1CCNCC1.Cl.Cl. The van der Waals surface area contributed by atoms with Crippen molar-refractivity contribution in [3.05, 3.63) is 27.7 Å². The number of benzene rings is 1. The average Bonchev–Trinajstić information content (AvgIpc) is 2.44. The first kappa shape index (κ1) is 22.1. The van der Waals surface area contributed by atoms with Gasteiger partial charge < -0.3 is 10.4 Å². The number of hydrogen-bond acceptors (Lipinski definition) is 3. The molecule has 22 heavy (non-hydrogen) atoms. The normalized spacial score (nSPS) is 16.8. The molecule has 0 saturated carbocycles. The lowest BCUT2D eigenvalue weighted by Crippen LogP contribution is -2.45. The molecule has 0 aliphatic carbocycles. The minimum Gasteiger partial charge on any atom is -0.506 e. The van der Waals surface area contributed by atoms with Gasteiger partial charge in [0, 0.05) is 37.8 Å². The fourth-order valence-corrected chi connectivity index (χ4v) is 3.06. The third kappa shape index (κ3) is 5.33. The summed E-state index contributed by atoms with van der Waals surface area (Å²) in [5.41, 5.74) is 0.884. The number of nitrogens with one attached hydrogen (secondary N) is 1. The summed E-state index contributed by atoms with van der Waals surface area (Å²) in [7, 11) is 0. The highest BCUT2D eigenvalue weighted by Gasteiger charge is 2.26. The molecular weight excluding hydrogens is 366 g/mol. The second kappa shape index (κ2) is 10.1. The van der Waals surface area contributed by atoms with E-state index >= 15 is 0 Å². The van der Waals surface area contributed by atoms with E-state index in [-0.39, 0.29) is 41.6 Å². The maximum absolute atomic E-state index is 10.3. The number of phenolic OH excluding ortho intramolecular Hbond substituents is 1. The van der Waals surface area contributed by atoms with Crippen LogP contribution in [0.5, 0.6) is 5.75 Å². The third-order valence-corrected chi connectivity index (χ3v) is 4.54. The zero-order valence-electron chi connectivity index (χ0n) is 12.8. The number of phenols is 1. The number of nitrogens with zero attached hydrogens (tertiary/aromatic N) is 1. The quantitative estimate of drug-likeness (QED) is 0.793. The van der Waals surface area contributed by atoms with Crippen LogP contribution in [0.4, 0.5) is 0 Å². The van der Waals surface area contributed by atoms with Crippen molar-refractivity contribution < 1.29 is 5.11 Å². The van der Waals surface area contributed by atoms with Crippen LogP contribution >= 0.6 is 48.0 Å². The van der Waals surface area contributed by atoms with Gasteiger partial charge in [-0.1, -0.05) is 43.1 Å². The summed E-state index contributed by atoms with van der Waals surface area (Å²) in [6.07, 6.45) is 0.992. The molecule has 0 unspecified atom stereocenters. The van der Waals surface area contributed by atoms with Crippen LogP contribution in [-0.2, 0) is 0 Å². The molecule has 1 atom stereocenters. The van der Waals surface area contributed by atoms with E-state index in [2.05, 4.69) is 24.1 Å². The zero-order valence-corrected chi connectivity index (χ0v) is 16.0. The number of hydrogen-bond donors (Lipinski definition) is 2. The van der Waals surface area contributed by atoms with Gasteiger partial charge in [0.2, 0.25) is 0 Å². The molecule has 0 amide bonds. The first-order valence-electron chi connectivity index (χ1n) is 7.12. The van der Waals surface area contributed by atoms with E-state index in [0.717, 1.165) is 38.2 Å². The van der Waals surface area contributed by atoms with E-state index in [9.17, 15) is 5.11 Å². The maximum Gasteiger partial charge on any atom is 0.140 e. The second-order valence-electron chi connectivity index (χ2n) is 5.73. The van der Waals surface area contributed by atoms with Gasteiger partial charge in [0.15, 0.2) is 0 Å². The lowest BCUT2D eigenvalue weighted by Gasteiger charge is -2.36. The maximum atomic E-state index is 10.3. The highest BCUT2D eigenvalue weighted by atomic mass is 35.5. The zero-order chi connectivity index (χ0) is 14.7. The summed E-state index contributed by atoms with van der Waals surface area (Å²) >= 11 is 12.1. The summed E-state index contributed by atoms with van der Waals surface area (Å²) in [4.78, 5) is 2.41. The molecule has 1 heterocycles. The van der Waals surface area contributed by atoms with Crippen molar-refractivity contribution in [1.82, 2.24) is 10.2 Å². The fraction of sp³-hybridized carbons (Fsp3) is 0.600. The Morgan fingerprint density at radius 3 is 2.32 bits per heavy atom. The third-order valence-electron chi connectivity index (χ3n) is 3.75. The Labute approximate surface area is 155 Å². The Kier molecular flexibility index (Phi) is 10.1. The van der Waals surface area contributed by atoms with Crippen LogP contribution < -0.4 is 5.32 Å². The van der Waals surface area contributed by atoms with Crippen LogP contribution in [0, 0.1) is 5.92 Å². The van der Waals surface area contributed by atoms with Gasteiger partial charge in [-0.25, -0.2) is 0 Å². The van der Waals surface area contributed by atoms with Gasteiger partial charge in [-0.3, -0.25) is 4.90 Å². The molecule has 2 N–H and O–H groups in total. The average molecular weight is 390 g/mol. The van der Waals surface area contributed by atoms with Gasteiger partial charge in [-0.2, -0.15) is 0 Å². The Hall–Kier alpha value is 0.1000. The standard InChI is InChI=1S/C15H22Cl2N2O.2ClH/c1-10(2)9-13(19-7-5-18-6-8-19)11-3-4-12(16)14(17)15(11)20;;/h3-4,10,13,18,20H,5-9H2,1-2H3;2*1H/t13-;;/m0../s1. The van der Waals surface area contributed by atoms with E-state index in [1.54, 1.807) is 6.07 Å². The van der Waals surface area contributed by atoms with Gasteiger partial charge in [-0.05, 0) is 18.4 Å². The minimum atomic E-state index is 0. The van der Waals surface area contributed by atoms with Gasteiger partial charge >= 0.3 is 0 Å². The van der Waals surface area contributed by atoms with Crippen LogP contribution in [0.25, 0.3) is 0 Å². The minimum absolute atomic E-state index is 0. The van der Waals surface area contributed by atoms with Crippen LogP contribution in [0.2, 0.25) is 10.0 Å². The highest BCUT2D eigenvalue weighted by molar-refractivity contribution is 6.43. The molecule has 0 bridgehead atoms. The molecule has 2 rings (SSSR count). The molecule has 1 aromatic carbocycles. The lowest BCUT2D eigenvalue weighted by molar-refractivity contribution is 0.151. The largest absolute Gasteiger partial charge is 0.506 e. The first-order chi connectivity index (χ1) is 9.50. The first-order valence-corrected chi connectivity index (χ1v) is 7.88. The molecule has 0 radical (unpaired) electrons. The molecule has 0 spiro atoms. The number of aromatic hydroxyl groups is 1. The smallest absolute Gasteiger partial charge is 0.140 e. The van der Waals surface area contributed by atoms with E-state index in [4.69, 9.17) is 23.2 Å². The van der Waals surface area contributed by atoms with Crippen molar-refractivity contribution in [2.45, 2.75) is 26.3 Å². The van der Waals surface area contributed by atoms with Crippen molar-refractivity contribution in [2.75, 3.05) is 26.2 Å². The van der Waals surface area contributed by atoms with E-state index in [0.29, 0.717) is 10.9 Å². The lowest BCUT2D eigenvalue weighted by atomic mass is 9.94. The molecule has 3 nitrogen and oxygen atoms in total. The number of rotatable bonds is 4. The summed E-state index contributed by atoms with van der Waals surface area (Å²) in [5, 5.41) is 14.3. The monoisotopic (exact) mass is 388 g/mol. The van der Waals surface area contributed by atoms with E-state index < -0.39 is 0 Å². The van der Waals surface area contributed by atoms with Crippen LogP contribution in [-0.4, -0.2) is 36.2 Å². The van der Waals surface area contributed by atoms with Crippen molar-refractivity contribution in [3.8, 4) is 5.75 Å². The Morgan fingerprint density at radius 2 is 1.77 bits per heavy atom. The summed E-state index contributed by atoms with van der Waals surface area (Å²) in [6, 6.07) is 3.86. The number of halogens is 4. The second-order valence-corrected chi connectivity index (χ2v) is 6.52. The molecule has 1 aromatic rings. The molecular formula is C15H24Cl4N2O. The molecule has 1 aliphatic rings. The van der Waals surface area contributed by atoms with Gasteiger partial charge in [0.1, 0.15) is 10.8 Å². The summed E-state index contributed by atoms with van der Waals surface area (Å²) in [6.45, 7) is 8.33.